The topological polar surface area (TPSA) is 71.3 Å². The summed E-state index contributed by atoms with van der Waals surface area (Å²) in [5.41, 5.74) is 1.17. The predicted molar refractivity (Wildman–Crippen MR) is 91.7 cm³/mol. The lowest BCUT2D eigenvalue weighted by atomic mass is 9.99. The van der Waals surface area contributed by atoms with E-state index in [0.29, 0.717) is 11.3 Å². The molecule has 1 heterocycles. The third-order valence-corrected chi connectivity index (χ3v) is 4.00. The minimum absolute atomic E-state index is 0.0407. The van der Waals surface area contributed by atoms with Gasteiger partial charge in [-0.05, 0) is 41.4 Å². The van der Waals surface area contributed by atoms with Gasteiger partial charge in [-0.15, -0.1) is 0 Å². The highest BCUT2D eigenvalue weighted by Crippen LogP contribution is 2.20. The van der Waals surface area contributed by atoms with Crippen LogP contribution in [-0.4, -0.2) is 28.1 Å². The molecule has 0 radical (unpaired) electrons. The van der Waals surface area contributed by atoms with Crippen LogP contribution in [-0.2, 0) is 4.79 Å². The molecule has 1 atom stereocenters. The van der Waals surface area contributed by atoms with E-state index in [2.05, 4.69) is 21.2 Å². The smallest absolute Gasteiger partial charge is 0.312 e. The fourth-order valence-electron chi connectivity index (χ4n) is 2.37. The van der Waals surface area contributed by atoms with Gasteiger partial charge in [-0.1, -0.05) is 30.3 Å². The second kappa shape index (κ2) is 7.46. The van der Waals surface area contributed by atoms with Crippen molar-refractivity contribution in [1.29, 1.82) is 0 Å². The molecule has 5 nitrogen and oxygen atoms in total. The highest BCUT2D eigenvalue weighted by Gasteiger charge is 2.22. The number of aromatic nitrogens is 1. The zero-order chi connectivity index (χ0) is 17.0. The molecule has 0 saturated carbocycles. The van der Waals surface area contributed by atoms with Crippen LogP contribution in [0.5, 0.6) is 0 Å². The highest BCUT2D eigenvalue weighted by atomic mass is 79.9. The number of rotatable bonds is 6. The first-order valence-electron chi connectivity index (χ1n) is 7.33. The van der Waals surface area contributed by atoms with Crippen LogP contribution in [0.3, 0.4) is 0 Å². The molecule has 0 aliphatic heterocycles. The van der Waals surface area contributed by atoms with Crippen molar-refractivity contribution in [1.82, 2.24) is 9.88 Å². The molecule has 0 fully saturated rings. The van der Waals surface area contributed by atoms with E-state index in [-0.39, 0.29) is 18.5 Å². The standard InChI is InChI=1S/C17H19BrN2O3/c1-11(2)20-10-13(18)8-15(20)16(21)19-9-14(17(22)23)12-6-4-3-5-7-12/h3-8,10-11,14H,9H2,1-2H3,(H,19,21)(H,22,23). The van der Waals surface area contributed by atoms with Gasteiger partial charge in [-0.2, -0.15) is 0 Å². The molecule has 0 aliphatic carbocycles. The molecule has 6 heteroatoms. The summed E-state index contributed by atoms with van der Waals surface area (Å²) in [7, 11) is 0. The summed E-state index contributed by atoms with van der Waals surface area (Å²) in [4.78, 5) is 23.9. The summed E-state index contributed by atoms with van der Waals surface area (Å²) in [5.74, 6) is -2.02. The van der Waals surface area contributed by atoms with Gasteiger partial charge >= 0.3 is 5.97 Å². The summed E-state index contributed by atoms with van der Waals surface area (Å²) in [6.07, 6.45) is 1.84. The van der Waals surface area contributed by atoms with Crippen molar-refractivity contribution in [2.75, 3.05) is 6.54 Å². The summed E-state index contributed by atoms with van der Waals surface area (Å²) < 4.78 is 2.66. The van der Waals surface area contributed by atoms with Crippen LogP contribution in [0.4, 0.5) is 0 Å². The third kappa shape index (κ3) is 4.22. The van der Waals surface area contributed by atoms with Crippen molar-refractivity contribution in [2.45, 2.75) is 25.8 Å². The Bertz CT molecular complexity index is 695. The lowest BCUT2D eigenvalue weighted by molar-refractivity contribution is -0.138. The number of amides is 1. The Morgan fingerprint density at radius 2 is 1.91 bits per heavy atom. The molecule has 0 bridgehead atoms. The van der Waals surface area contributed by atoms with E-state index < -0.39 is 11.9 Å². The Morgan fingerprint density at radius 1 is 1.26 bits per heavy atom. The van der Waals surface area contributed by atoms with E-state index >= 15 is 0 Å². The molecule has 0 aliphatic rings. The second-order valence-electron chi connectivity index (χ2n) is 5.56. The quantitative estimate of drug-likeness (QED) is 0.808. The summed E-state index contributed by atoms with van der Waals surface area (Å²) >= 11 is 3.36. The number of benzene rings is 1. The first kappa shape index (κ1) is 17.3. The zero-order valence-electron chi connectivity index (χ0n) is 13.0. The van der Waals surface area contributed by atoms with E-state index in [0.717, 1.165) is 4.47 Å². The van der Waals surface area contributed by atoms with Gasteiger partial charge in [0.1, 0.15) is 5.69 Å². The van der Waals surface area contributed by atoms with Crippen LogP contribution in [0.15, 0.2) is 47.1 Å². The number of aliphatic carboxylic acids is 1. The maximum Gasteiger partial charge on any atom is 0.312 e. The van der Waals surface area contributed by atoms with Gasteiger partial charge in [0.05, 0.1) is 5.92 Å². The van der Waals surface area contributed by atoms with E-state index in [9.17, 15) is 14.7 Å². The van der Waals surface area contributed by atoms with Crippen molar-refractivity contribution in [3.05, 3.63) is 58.3 Å². The number of carboxylic acids is 1. The fraction of sp³-hybridized carbons (Fsp3) is 0.294. The average Bonchev–Trinajstić information content (AvgIpc) is 2.90. The number of hydrogen-bond acceptors (Lipinski definition) is 2. The molecular weight excluding hydrogens is 360 g/mol. The van der Waals surface area contributed by atoms with E-state index in [1.54, 1.807) is 30.3 Å². The van der Waals surface area contributed by atoms with E-state index in [1.807, 2.05) is 30.7 Å². The van der Waals surface area contributed by atoms with Gasteiger partial charge in [0.25, 0.3) is 5.91 Å². The third-order valence-electron chi connectivity index (χ3n) is 3.57. The minimum Gasteiger partial charge on any atom is -0.481 e. The average molecular weight is 379 g/mol. The number of carbonyl (C=O) groups excluding carboxylic acids is 1. The molecular formula is C17H19BrN2O3. The highest BCUT2D eigenvalue weighted by molar-refractivity contribution is 9.10. The van der Waals surface area contributed by atoms with Gasteiger partial charge in [-0.3, -0.25) is 9.59 Å². The normalized spacial score (nSPS) is 12.2. The number of hydrogen-bond donors (Lipinski definition) is 2. The lowest BCUT2D eigenvalue weighted by Gasteiger charge is -2.16. The predicted octanol–water partition coefficient (Wildman–Crippen LogP) is 3.43. The van der Waals surface area contributed by atoms with Crippen LogP contribution < -0.4 is 5.32 Å². The molecule has 23 heavy (non-hydrogen) atoms. The van der Waals surface area contributed by atoms with Crippen LogP contribution in [0.25, 0.3) is 0 Å². The molecule has 1 aromatic heterocycles. The molecule has 2 rings (SSSR count). The van der Waals surface area contributed by atoms with Gasteiger partial charge < -0.3 is 15.0 Å². The maximum atomic E-state index is 12.4. The van der Waals surface area contributed by atoms with Crippen molar-refractivity contribution in [3.63, 3.8) is 0 Å². The molecule has 2 N–H and O–H groups in total. The Kier molecular flexibility index (Phi) is 5.60. The fourth-order valence-corrected chi connectivity index (χ4v) is 2.81. The number of carbonyl (C=O) groups is 2. The van der Waals surface area contributed by atoms with Crippen LogP contribution in [0.2, 0.25) is 0 Å². The summed E-state index contributed by atoms with van der Waals surface area (Å²) in [6, 6.07) is 10.8. The number of carboxylic acid groups (broad SMARTS) is 1. The molecule has 2 aromatic rings. The van der Waals surface area contributed by atoms with Gasteiger partial charge in [-0.25, -0.2) is 0 Å². The molecule has 1 amide bonds. The number of halogens is 1. The first-order chi connectivity index (χ1) is 10.9. The largest absolute Gasteiger partial charge is 0.481 e. The lowest BCUT2D eigenvalue weighted by Crippen LogP contribution is -2.33. The Hall–Kier alpha value is -2.08. The molecule has 1 aromatic carbocycles. The minimum atomic E-state index is -0.961. The Morgan fingerprint density at radius 3 is 2.48 bits per heavy atom. The van der Waals surface area contributed by atoms with Crippen molar-refractivity contribution >= 4 is 27.8 Å². The van der Waals surface area contributed by atoms with Crippen LogP contribution in [0.1, 0.15) is 41.9 Å². The molecule has 0 spiro atoms. The van der Waals surface area contributed by atoms with E-state index in [1.165, 1.54) is 0 Å². The van der Waals surface area contributed by atoms with Gasteiger partial charge in [0.2, 0.25) is 0 Å². The first-order valence-corrected chi connectivity index (χ1v) is 8.12. The van der Waals surface area contributed by atoms with Crippen molar-refractivity contribution in [2.24, 2.45) is 0 Å². The van der Waals surface area contributed by atoms with Crippen molar-refractivity contribution < 1.29 is 14.7 Å². The van der Waals surface area contributed by atoms with Crippen molar-refractivity contribution in [3.8, 4) is 0 Å². The van der Waals surface area contributed by atoms with Crippen LogP contribution >= 0.6 is 15.9 Å². The maximum absolute atomic E-state index is 12.4. The Balaban J connectivity index is 2.13. The SMILES string of the molecule is CC(C)n1cc(Br)cc1C(=O)NCC(C(=O)O)c1ccccc1. The number of nitrogens with one attached hydrogen (secondary N) is 1. The number of nitrogens with zero attached hydrogens (tertiary/aromatic N) is 1. The molecule has 1 unspecified atom stereocenters. The van der Waals surface area contributed by atoms with Gasteiger partial charge in [0.15, 0.2) is 0 Å². The van der Waals surface area contributed by atoms with Gasteiger partial charge in [0, 0.05) is 23.3 Å². The summed E-state index contributed by atoms with van der Waals surface area (Å²) in [6.45, 7) is 4.00. The molecule has 122 valence electrons. The zero-order valence-corrected chi connectivity index (χ0v) is 14.6. The Labute approximate surface area is 143 Å². The second-order valence-corrected chi connectivity index (χ2v) is 6.47. The van der Waals surface area contributed by atoms with Crippen LogP contribution in [0, 0.1) is 0 Å². The molecule has 0 saturated heterocycles. The summed E-state index contributed by atoms with van der Waals surface area (Å²) in [5, 5.41) is 12.1. The monoisotopic (exact) mass is 378 g/mol. The van der Waals surface area contributed by atoms with E-state index in [4.69, 9.17) is 0 Å².